The summed E-state index contributed by atoms with van der Waals surface area (Å²) in [6.45, 7) is 0.723. The second kappa shape index (κ2) is 11.9. The molecule has 146 valence electrons. The summed E-state index contributed by atoms with van der Waals surface area (Å²) < 4.78 is 4.76. The molecule has 0 atom stereocenters. The van der Waals surface area contributed by atoms with Gasteiger partial charge in [0.25, 0.3) is 0 Å². The molecule has 0 aliphatic rings. The van der Waals surface area contributed by atoms with Crippen molar-refractivity contribution < 1.29 is 9.53 Å². The van der Waals surface area contributed by atoms with Crippen LogP contribution in [0.2, 0.25) is 5.02 Å². The van der Waals surface area contributed by atoms with Crippen LogP contribution in [0.5, 0.6) is 0 Å². The predicted molar refractivity (Wildman–Crippen MR) is 116 cm³/mol. The van der Waals surface area contributed by atoms with E-state index in [-0.39, 0.29) is 12.5 Å². The van der Waals surface area contributed by atoms with Gasteiger partial charge in [0.1, 0.15) is 0 Å². The van der Waals surface area contributed by atoms with E-state index in [4.69, 9.17) is 33.7 Å². The number of aromatic amines is 1. The van der Waals surface area contributed by atoms with Gasteiger partial charge in [-0.1, -0.05) is 47.7 Å². The van der Waals surface area contributed by atoms with Gasteiger partial charge in [0.2, 0.25) is 0 Å². The third-order valence-electron chi connectivity index (χ3n) is 3.63. The third kappa shape index (κ3) is 7.16. The number of fused-ring (bicyclic) bond motifs is 1. The quantitative estimate of drug-likeness (QED) is 0.421. The summed E-state index contributed by atoms with van der Waals surface area (Å²) in [6, 6.07) is 15.0. The lowest BCUT2D eigenvalue weighted by atomic mass is 10.1. The molecule has 7 heteroatoms. The van der Waals surface area contributed by atoms with E-state index in [1.807, 2.05) is 12.3 Å². The summed E-state index contributed by atoms with van der Waals surface area (Å²) in [5.41, 5.74) is 8.58. The Hall–Kier alpha value is -2.65. The number of aromatic nitrogens is 1. The zero-order chi connectivity index (χ0) is 20.2. The monoisotopic (exact) mass is 417 g/mol. The Morgan fingerprint density at radius 1 is 1.18 bits per heavy atom. The second-order valence-electron chi connectivity index (χ2n) is 5.60. The number of halogens is 2. The molecule has 3 rings (SSSR count). The summed E-state index contributed by atoms with van der Waals surface area (Å²) in [6.07, 6.45) is 2.41. The Bertz CT molecular complexity index is 961. The molecule has 0 fully saturated rings. The summed E-state index contributed by atoms with van der Waals surface area (Å²) in [5.74, 6) is 5.36. The van der Waals surface area contributed by atoms with Crippen LogP contribution < -0.4 is 11.1 Å². The van der Waals surface area contributed by atoms with Gasteiger partial charge in [0.05, 0.1) is 5.88 Å². The maximum Gasteiger partial charge on any atom is 0.412 e. The lowest BCUT2D eigenvalue weighted by molar-refractivity contribution is 0.176. The number of carbonyl (C=O) groups excluding carboxylic acids is 1. The first-order valence-corrected chi connectivity index (χ1v) is 9.51. The maximum absolute atomic E-state index is 11.2. The van der Waals surface area contributed by atoms with Crippen LogP contribution in [0.4, 0.5) is 10.5 Å². The molecule has 3 aromatic rings. The zero-order valence-corrected chi connectivity index (χ0v) is 16.7. The lowest BCUT2D eigenvalue weighted by Crippen LogP contribution is -2.13. The van der Waals surface area contributed by atoms with E-state index in [2.05, 4.69) is 40.3 Å². The SMILES string of the molecule is NCCc1c[nH]c2ccccc12.O=C(Nc1cccc(Cl)c1)OCC#CCCl. The van der Waals surface area contributed by atoms with Crippen LogP contribution in [-0.2, 0) is 11.2 Å². The van der Waals surface area contributed by atoms with Gasteiger partial charge in [-0.25, -0.2) is 4.79 Å². The molecule has 1 amide bonds. The lowest BCUT2D eigenvalue weighted by Gasteiger charge is -2.04. The van der Waals surface area contributed by atoms with Crippen molar-refractivity contribution in [2.45, 2.75) is 6.42 Å². The summed E-state index contributed by atoms with van der Waals surface area (Å²) in [5, 5.41) is 4.35. The van der Waals surface area contributed by atoms with Gasteiger partial charge in [-0.15, -0.1) is 11.6 Å². The topological polar surface area (TPSA) is 80.1 Å². The van der Waals surface area contributed by atoms with Crippen molar-refractivity contribution in [3.05, 3.63) is 65.3 Å². The number of benzene rings is 2. The fraction of sp³-hybridized carbons (Fsp3) is 0.190. The van der Waals surface area contributed by atoms with Crippen molar-refractivity contribution in [3.8, 4) is 11.8 Å². The Kier molecular flexibility index (Phi) is 9.23. The highest BCUT2D eigenvalue weighted by Gasteiger charge is 2.02. The number of hydrogen-bond donors (Lipinski definition) is 3. The standard InChI is InChI=1S/C11H9Cl2NO2.C10H12N2/c12-6-1-2-7-16-11(15)14-10-5-3-4-9(13)8-10;11-6-5-8-7-12-10-4-2-1-3-9(8)10/h3-5,8H,6-7H2,(H,14,15);1-4,7,12H,5-6,11H2. The smallest absolute Gasteiger partial charge is 0.412 e. The normalized spacial score (nSPS) is 9.68. The number of anilines is 1. The van der Waals surface area contributed by atoms with E-state index in [0.29, 0.717) is 17.3 Å². The molecule has 0 bridgehead atoms. The minimum absolute atomic E-state index is 0.0130. The summed E-state index contributed by atoms with van der Waals surface area (Å²) in [4.78, 5) is 14.4. The van der Waals surface area contributed by atoms with Gasteiger partial charge in [0, 0.05) is 27.8 Å². The Morgan fingerprint density at radius 2 is 2.00 bits per heavy atom. The van der Waals surface area contributed by atoms with Crippen molar-refractivity contribution in [1.82, 2.24) is 4.98 Å². The molecular weight excluding hydrogens is 397 g/mol. The molecule has 0 aliphatic carbocycles. The van der Waals surface area contributed by atoms with Gasteiger partial charge >= 0.3 is 6.09 Å². The molecule has 1 aromatic heterocycles. The van der Waals surface area contributed by atoms with E-state index in [1.54, 1.807) is 24.3 Å². The summed E-state index contributed by atoms with van der Waals surface area (Å²) in [7, 11) is 0. The predicted octanol–water partition coefficient (Wildman–Crippen LogP) is 4.80. The van der Waals surface area contributed by atoms with Gasteiger partial charge in [-0.3, -0.25) is 5.32 Å². The van der Waals surface area contributed by atoms with Crippen LogP contribution in [0.15, 0.2) is 54.7 Å². The number of ether oxygens (including phenoxy) is 1. The maximum atomic E-state index is 11.2. The van der Waals surface area contributed by atoms with Gasteiger partial charge < -0.3 is 15.5 Å². The van der Waals surface area contributed by atoms with Crippen molar-refractivity contribution in [3.63, 3.8) is 0 Å². The average Bonchev–Trinajstić information content (AvgIpc) is 3.09. The molecule has 0 radical (unpaired) electrons. The molecule has 0 aliphatic heterocycles. The molecule has 5 nitrogen and oxygen atoms in total. The highest BCUT2D eigenvalue weighted by Crippen LogP contribution is 2.17. The molecule has 4 N–H and O–H groups in total. The Labute approximate surface area is 174 Å². The van der Waals surface area contributed by atoms with Crippen LogP contribution in [0.25, 0.3) is 10.9 Å². The first-order valence-electron chi connectivity index (χ1n) is 8.60. The highest BCUT2D eigenvalue weighted by molar-refractivity contribution is 6.30. The van der Waals surface area contributed by atoms with Gasteiger partial charge in [0.15, 0.2) is 6.61 Å². The molecule has 0 spiro atoms. The molecular formula is C21H21Cl2N3O2. The zero-order valence-electron chi connectivity index (χ0n) is 15.2. The third-order valence-corrected chi connectivity index (χ3v) is 4.00. The number of amides is 1. The van der Waals surface area contributed by atoms with Crippen LogP contribution >= 0.6 is 23.2 Å². The van der Waals surface area contributed by atoms with E-state index in [1.165, 1.54) is 16.5 Å². The van der Waals surface area contributed by atoms with Crippen molar-refractivity contribution in [2.24, 2.45) is 5.73 Å². The fourth-order valence-electron chi connectivity index (χ4n) is 2.41. The number of para-hydroxylation sites is 1. The van der Waals surface area contributed by atoms with Crippen LogP contribution in [0, 0.1) is 11.8 Å². The second-order valence-corrected chi connectivity index (χ2v) is 6.30. The highest BCUT2D eigenvalue weighted by atomic mass is 35.5. The van der Waals surface area contributed by atoms with Gasteiger partial charge in [-0.05, 0) is 42.8 Å². The van der Waals surface area contributed by atoms with Crippen LogP contribution in [0.3, 0.4) is 0 Å². The minimum atomic E-state index is -0.578. The largest absolute Gasteiger partial charge is 0.436 e. The van der Waals surface area contributed by atoms with Crippen LogP contribution in [-0.4, -0.2) is 30.1 Å². The minimum Gasteiger partial charge on any atom is -0.436 e. The Morgan fingerprint density at radius 3 is 2.75 bits per heavy atom. The van der Waals surface area contributed by atoms with Crippen molar-refractivity contribution >= 4 is 45.9 Å². The van der Waals surface area contributed by atoms with E-state index >= 15 is 0 Å². The van der Waals surface area contributed by atoms with Gasteiger partial charge in [-0.2, -0.15) is 0 Å². The molecule has 1 heterocycles. The van der Waals surface area contributed by atoms with Crippen molar-refractivity contribution in [1.29, 1.82) is 0 Å². The number of alkyl halides is 1. The molecule has 28 heavy (non-hydrogen) atoms. The number of hydrogen-bond acceptors (Lipinski definition) is 3. The van der Waals surface area contributed by atoms with E-state index in [0.717, 1.165) is 6.42 Å². The fourth-order valence-corrected chi connectivity index (χ4v) is 2.70. The number of H-pyrrole nitrogens is 1. The summed E-state index contributed by atoms with van der Waals surface area (Å²) >= 11 is 11.1. The van der Waals surface area contributed by atoms with Crippen LogP contribution in [0.1, 0.15) is 5.56 Å². The molecule has 2 aromatic carbocycles. The molecule has 0 saturated carbocycles. The first-order chi connectivity index (χ1) is 13.6. The molecule has 0 unspecified atom stereocenters. The number of rotatable bonds is 4. The molecule has 0 saturated heterocycles. The van der Waals surface area contributed by atoms with E-state index < -0.39 is 6.09 Å². The average molecular weight is 418 g/mol. The number of nitrogens with two attached hydrogens (primary N) is 1. The Balaban J connectivity index is 0.000000207. The van der Waals surface area contributed by atoms with E-state index in [9.17, 15) is 4.79 Å². The first kappa shape index (κ1) is 21.6. The van der Waals surface area contributed by atoms with Crippen molar-refractivity contribution in [2.75, 3.05) is 24.3 Å². The number of carbonyl (C=O) groups is 1. The number of nitrogens with one attached hydrogen (secondary N) is 2.